The number of aryl methyl sites for hydroxylation is 2. The van der Waals surface area contributed by atoms with Gasteiger partial charge in [-0.2, -0.15) is 0 Å². The maximum atomic E-state index is 5.90. The van der Waals surface area contributed by atoms with E-state index in [-0.39, 0.29) is 6.04 Å². The third kappa shape index (κ3) is 2.81. The van der Waals surface area contributed by atoms with Crippen LogP contribution < -0.4 is 10.1 Å². The Bertz CT molecular complexity index is 628. The molecule has 1 aliphatic rings. The number of hydrogen-bond acceptors (Lipinski definition) is 2. The predicted molar refractivity (Wildman–Crippen MR) is 87.1 cm³/mol. The Morgan fingerprint density at radius 1 is 1.14 bits per heavy atom. The average molecular weight is 281 g/mol. The minimum Gasteiger partial charge on any atom is -0.493 e. The number of benzene rings is 2. The lowest BCUT2D eigenvalue weighted by atomic mass is 9.93. The number of ether oxygens (including phenoxy) is 1. The smallest absolute Gasteiger partial charge is 0.127 e. The minimum atomic E-state index is 0.196. The summed E-state index contributed by atoms with van der Waals surface area (Å²) in [5.41, 5.74) is 6.53. The lowest BCUT2D eigenvalue weighted by Crippen LogP contribution is -2.22. The van der Waals surface area contributed by atoms with Gasteiger partial charge in [0.15, 0.2) is 0 Å². The van der Waals surface area contributed by atoms with E-state index < -0.39 is 0 Å². The summed E-state index contributed by atoms with van der Waals surface area (Å²) < 4.78 is 5.90. The van der Waals surface area contributed by atoms with Gasteiger partial charge < -0.3 is 10.1 Å². The lowest BCUT2D eigenvalue weighted by molar-refractivity contribution is 0.350. The summed E-state index contributed by atoms with van der Waals surface area (Å²) in [6.45, 7) is 8.20. The first kappa shape index (κ1) is 14.2. The van der Waals surface area contributed by atoms with Gasteiger partial charge in [0.05, 0.1) is 12.6 Å². The first-order valence-corrected chi connectivity index (χ1v) is 7.75. The van der Waals surface area contributed by atoms with Crippen molar-refractivity contribution in [3.05, 3.63) is 64.2 Å². The molecule has 0 aliphatic carbocycles. The molecule has 0 fully saturated rings. The summed E-state index contributed by atoms with van der Waals surface area (Å²) >= 11 is 0. The zero-order valence-electron chi connectivity index (χ0n) is 13.1. The Morgan fingerprint density at radius 3 is 2.62 bits per heavy atom. The van der Waals surface area contributed by atoms with Gasteiger partial charge in [-0.25, -0.2) is 0 Å². The van der Waals surface area contributed by atoms with Crippen LogP contribution >= 0.6 is 0 Å². The molecule has 2 nitrogen and oxygen atoms in total. The summed E-state index contributed by atoms with van der Waals surface area (Å²) in [6, 6.07) is 13.5. The van der Waals surface area contributed by atoms with Crippen LogP contribution in [0, 0.1) is 13.8 Å². The van der Waals surface area contributed by atoms with E-state index in [9.17, 15) is 0 Å². The molecule has 0 bridgehead atoms. The molecule has 0 aromatic heterocycles. The molecular formula is C19H23NO. The Labute approximate surface area is 127 Å². The monoisotopic (exact) mass is 281 g/mol. The molecule has 3 rings (SSSR count). The fourth-order valence-electron chi connectivity index (χ4n) is 3.26. The molecule has 1 atom stereocenters. The second-order valence-corrected chi connectivity index (χ2v) is 5.85. The molecular weight excluding hydrogens is 258 g/mol. The summed E-state index contributed by atoms with van der Waals surface area (Å²) in [5, 5.41) is 3.62. The van der Waals surface area contributed by atoms with Crippen molar-refractivity contribution in [1.82, 2.24) is 5.32 Å². The summed E-state index contributed by atoms with van der Waals surface area (Å²) in [6.07, 6.45) is 1.02. The third-order valence-corrected chi connectivity index (χ3v) is 4.04. The van der Waals surface area contributed by atoms with E-state index in [0.29, 0.717) is 0 Å². The van der Waals surface area contributed by atoms with Crippen molar-refractivity contribution in [2.24, 2.45) is 0 Å². The van der Waals surface area contributed by atoms with E-state index in [1.54, 1.807) is 0 Å². The van der Waals surface area contributed by atoms with E-state index in [4.69, 9.17) is 4.74 Å². The van der Waals surface area contributed by atoms with Crippen molar-refractivity contribution in [2.75, 3.05) is 13.2 Å². The van der Waals surface area contributed by atoms with Gasteiger partial charge in [-0.15, -0.1) is 0 Å². The van der Waals surface area contributed by atoms with Crippen LogP contribution in [-0.4, -0.2) is 13.2 Å². The highest BCUT2D eigenvalue weighted by atomic mass is 16.5. The maximum Gasteiger partial charge on any atom is 0.127 e. The van der Waals surface area contributed by atoms with Gasteiger partial charge in [0, 0.05) is 12.0 Å². The van der Waals surface area contributed by atoms with Crippen molar-refractivity contribution >= 4 is 0 Å². The Kier molecular flexibility index (Phi) is 3.98. The molecule has 2 aromatic rings. The van der Waals surface area contributed by atoms with Gasteiger partial charge in [0.25, 0.3) is 0 Å². The summed E-state index contributed by atoms with van der Waals surface area (Å²) in [7, 11) is 0. The van der Waals surface area contributed by atoms with Crippen LogP contribution in [0.5, 0.6) is 5.75 Å². The van der Waals surface area contributed by atoms with Gasteiger partial charge >= 0.3 is 0 Å². The van der Waals surface area contributed by atoms with Crippen LogP contribution in [0.3, 0.4) is 0 Å². The number of hydrogen-bond donors (Lipinski definition) is 1. The van der Waals surface area contributed by atoms with Crippen LogP contribution in [0.25, 0.3) is 0 Å². The van der Waals surface area contributed by atoms with E-state index in [2.05, 4.69) is 62.5 Å². The molecule has 0 saturated heterocycles. The number of para-hydroxylation sites is 1. The second kappa shape index (κ2) is 5.90. The highest BCUT2D eigenvalue weighted by Crippen LogP contribution is 2.36. The molecule has 110 valence electrons. The van der Waals surface area contributed by atoms with E-state index in [1.165, 1.54) is 27.8 Å². The number of rotatable bonds is 4. The molecule has 2 heteroatoms. The Morgan fingerprint density at radius 2 is 1.90 bits per heavy atom. The molecule has 1 aliphatic heterocycles. The van der Waals surface area contributed by atoms with Crippen molar-refractivity contribution < 1.29 is 4.74 Å². The largest absolute Gasteiger partial charge is 0.493 e. The van der Waals surface area contributed by atoms with Gasteiger partial charge in [0.1, 0.15) is 5.75 Å². The maximum absolute atomic E-state index is 5.90. The zero-order chi connectivity index (χ0) is 14.8. The first-order chi connectivity index (χ1) is 10.2. The van der Waals surface area contributed by atoms with Crippen molar-refractivity contribution in [1.29, 1.82) is 0 Å². The van der Waals surface area contributed by atoms with Gasteiger partial charge in [-0.05, 0) is 31.5 Å². The van der Waals surface area contributed by atoms with Gasteiger partial charge in [-0.3, -0.25) is 0 Å². The van der Waals surface area contributed by atoms with E-state index in [1.807, 2.05) is 0 Å². The van der Waals surface area contributed by atoms with Crippen LogP contribution in [0.1, 0.15) is 40.8 Å². The van der Waals surface area contributed by atoms with Crippen molar-refractivity contribution in [3.63, 3.8) is 0 Å². The molecule has 21 heavy (non-hydrogen) atoms. The fourth-order valence-corrected chi connectivity index (χ4v) is 3.26. The Balaban J connectivity index is 2.08. The first-order valence-electron chi connectivity index (χ1n) is 7.75. The van der Waals surface area contributed by atoms with Gasteiger partial charge in [0.2, 0.25) is 0 Å². The molecule has 1 heterocycles. The van der Waals surface area contributed by atoms with E-state index >= 15 is 0 Å². The van der Waals surface area contributed by atoms with Crippen LogP contribution in [0.4, 0.5) is 0 Å². The zero-order valence-corrected chi connectivity index (χ0v) is 13.1. The Hall–Kier alpha value is -1.80. The summed E-state index contributed by atoms with van der Waals surface area (Å²) in [5.74, 6) is 1.09. The molecule has 0 spiro atoms. The topological polar surface area (TPSA) is 21.3 Å². The molecule has 0 radical (unpaired) electrons. The molecule has 0 saturated carbocycles. The predicted octanol–water partition coefficient (Wildman–Crippen LogP) is 3.94. The normalized spacial score (nSPS) is 14.6. The average Bonchev–Trinajstić information content (AvgIpc) is 2.92. The van der Waals surface area contributed by atoms with Crippen LogP contribution in [-0.2, 0) is 6.42 Å². The lowest BCUT2D eigenvalue weighted by Gasteiger charge is -2.22. The summed E-state index contributed by atoms with van der Waals surface area (Å²) in [4.78, 5) is 0. The highest BCUT2D eigenvalue weighted by Gasteiger charge is 2.23. The molecule has 0 amide bonds. The molecule has 1 N–H and O–H groups in total. The number of fused-ring (bicyclic) bond motifs is 1. The fraction of sp³-hybridized carbons (Fsp3) is 0.368. The van der Waals surface area contributed by atoms with Gasteiger partial charge in [-0.1, -0.05) is 54.4 Å². The standard InChI is InChI=1S/C19H23NO/c1-4-20-18(16-11-13(2)10-14(3)12-16)17-7-5-6-15-8-9-21-19(15)17/h5-7,10-12,18,20H,4,8-9H2,1-3H3. The molecule has 1 unspecified atom stereocenters. The quantitative estimate of drug-likeness (QED) is 0.916. The second-order valence-electron chi connectivity index (χ2n) is 5.85. The molecule has 2 aromatic carbocycles. The van der Waals surface area contributed by atoms with Crippen LogP contribution in [0.2, 0.25) is 0 Å². The van der Waals surface area contributed by atoms with Crippen LogP contribution in [0.15, 0.2) is 36.4 Å². The SMILES string of the molecule is CCNC(c1cc(C)cc(C)c1)c1cccc2c1OCC2. The number of nitrogens with one attached hydrogen (secondary N) is 1. The van der Waals surface area contributed by atoms with Crippen molar-refractivity contribution in [2.45, 2.75) is 33.2 Å². The van der Waals surface area contributed by atoms with Crippen molar-refractivity contribution in [3.8, 4) is 5.75 Å². The minimum absolute atomic E-state index is 0.196. The third-order valence-electron chi connectivity index (χ3n) is 4.04. The highest BCUT2D eigenvalue weighted by molar-refractivity contribution is 5.49. The van der Waals surface area contributed by atoms with E-state index in [0.717, 1.165) is 25.3 Å².